The summed E-state index contributed by atoms with van der Waals surface area (Å²) in [5, 5.41) is 6.41. The van der Waals surface area contributed by atoms with Crippen LogP contribution in [-0.4, -0.2) is 60.4 Å². The number of carbonyl (C=O) groups is 1. The van der Waals surface area contributed by atoms with Crippen LogP contribution in [0.25, 0.3) is 0 Å². The van der Waals surface area contributed by atoms with Gasteiger partial charge < -0.3 is 15.2 Å². The molecule has 2 atom stereocenters. The van der Waals surface area contributed by atoms with E-state index < -0.39 is 10.0 Å². The van der Waals surface area contributed by atoms with Gasteiger partial charge in [0.05, 0.1) is 18.6 Å². The fourth-order valence-electron chi connectivity index (χ4n) is 3.58. The predicted molar refractivity (Wildman–Crippen MR) is 101 cm³/mol. The van der Waals surface area contributed by atoms with Gasteiger partial charge in [0.1, 0.15) is 0 Å². The Balaban J connectivity index is 0.00000243. The topological polar surface area (TPSA) is 96.3 Å². The van der Waals surface area contributed by atoms with Gasteiger partial charge in [-0.15, -0.1) is 12.4 Å². The smallest absolute Gasteiger partial charge is 0.260 e. The molecule has 2 aliphatic rings. The molecule has 3 rings (SSSR count). The molecule has 0 aromatic carbocycles. The van der Waals surface area contributed by atoms with Gasteiger partial charge in [0.2, 0.25) is 5.91 Å². The zero-order valence-corrected chi connectivity index (χ0v) is 16.7. The molecule has 1 amide bonds. The minimum Gasteiger partial charge on any atom is -0.354 e. The van der Waals surface area contributed by atoms with Crippen molar-refractivity contribution in [3.63, 3.8) is 0 Å². The Morgan fingerprint density at radius 2 is 2.19 bits per heavy atom. The summed E-state index contributed by atoms with van der Waals surface area (Å²) >= 11 is 0. The molecule has 2 unspecified atom stereocenters. The molecule has 3 heterocycles. The third kappa shape index (κ3) is 4.57. The normalized spacial score (nSPS) is 24.2. The van der Waals surface area contributed by atoms with Gasteiger partial charge in [0.25, 0.3) is 10.0 Å². The first kappa shape index (κ1) is 21.1. The quantitative estimate of drug-likeness (QED) is 0.722. The lowest BCUT2D eigenvalue weighted by atomic mass is 9.99. The van der Waals surface area contributed by atoms with Crippen molar-refractivity contribution in [2.24, 2.45) is 5.92 Å². The molecular formula is C16H28ClN5O3S. The monoisotopic (exact) mass is 405 g/mol. The first-order valence-corrected chi connectivity index (χ1v) is 10.5. The van der Waals surface area contributed by atoms with Gasteiger partial charge in [-0.05, 0) is 45.1 Å². The van der Waals surface area contributed by atoms with Crippen LogP contribution in [0.3, 0.4) is 0 Å². The van der Waals surface area contributed by atoms with Crippen molar-refractivity contribution in [2.75, 3.05) is 26.2 Å². The molecule has 0 aliphatic carbocycles. The molecule has 1 aromatic rings. The van der Waals surface area contributed by atoms with Crippen LogP contribution in [0.4, 0.5) is 0 Å². The van der Waals surface area contributed by atoms with E-state index in [-0.39, 0.29) is 35.3 Å². The summed E-state index contributed by atoms with van der Waals surface area (Å²) in [6.07, 6.45) is 6.59. The summed E-state index contributed by atoms with van der Waals surface area (Å²) in [6, 6.07) is -0.0951. The van der Waals surface area contributed by atoms with Gasteiger partial charge in [-0.3, -0.25) is 4.79 Å². The lowest BCUT2D eigenvalue weighted by Gasteiger charge is -2.32. The summed E-state index contributed by atoms with van der Waals surface area (Å²) < 4.78 is 29.0. The molecule has 0 saturated carbocycles. The lowest BCUT2D eigenvalue weighted by Crippen LogP contribution is -2.46. The van der Waals surface area contributed by atoms with Crippen LogP contribution in [0.1, 0.15) is 32.6 Å². The second-order valence-electron chi connectivity index (χ2n) is 6.78. The van der Waals surface area contributed by atoms with Crippen molar-refractivity contribution >= 4 is 28.3 Å². The highest BCUT2D eigenvalue weighted by molar-refractivity contribution is 7.89. The van der Waals surface area contributed by atoms with Gasteiger partial charge in [-0.25, -0.2) is 13.4 Å². The van der Waals surface area contributed by atoms with Crippen LogP contribution in [0.2, 0.25) is 0 Å². The fraction of sp³-hybridized carbons (Fsp3) is 0.750. The van der Waals surface area contributed by atoms with E-state index in [1.807, 2.05) is 6.92 Å². The Morgan fingerprint density at radius 3 is 2.88 bits per heavy atom. The molecule has 8 nitrogen and oxygen atoms in total. The number of rotatable bonds is 6. The van der Waals surface area contributed by atoms with Crippen LogP contribution in [0.5, 0.6) is 0 Å². The number of nitrogens with zero attached hydrogens (tertiary/aromatic N) is 3. The molecule has 1 aromatic heterocycles. The molecule has 0 spiro atoms. The van der Waals surface area contributed by atoms with Gasteiger partial charge in [-0.1, -0.05) is 0 Å². The Morgan fingerprint density at radius 1 is 1.38 bits per heavy atom. The number of aromatic nitrogens is 2. The molecule has 26 heavy (non-hydrogen) atoms. The van der Waals surface area contributed by atoms with Gasteiger partial charge in [-0.2, -0.15) is 4.31 Å². The summed E-state index contributed by atoms with van der Waals surface area (Å²) in [6.45, 7) is 4.83. The number of amides is 1. The summed E-state index contributed by atoms with van der Waals surface area (Å²) in [5.74, 6) is 0.174. The highest BCUT2D eigenvalue weighted by Gasteiger charge is 2.32. The van der Waals surface area contributed by atoms with Crippen LogP contribution in [-0.2, 0) is 21.4 Å². The van der Waals surface area contributed by atoms with Crippen molar-refractivity contribution in [1.82, 2.24) is 24.5 Å². The molecule has 0 bridgehead atoms. The maximum absolute atomic E-state index is 12.9. The molecule has 2 aliphatic heterocycles. The zero-order chi connectivity index (χ0) is 17.9. The molecular weight excluding hydrogens is 378 g/mol. The van der Waals surface area contributed by atoms with E-state index in [9.17, 15) is 13.2 Å². The van der Waals surface area contributed by atoms with Crippen molar-refractivity contribution in [2.45, 2.75) is 50.2 Å². The number of sulfonamides is 1. The third-order valence-electron chi connectivity index (χ3n) is 5.04. The van der Waals surface area contributed by atoms with Crippen molar-refractivity contribution < 1.29 is 13.2 Å². The van der Waals surface area contributed by atoms with Crippen LogP contribution < -0.4 is 10.6 Å². The number of hydrogen-bond acceptors (Lipinski definition) is 5. The van der Waals surface area contributed by atoms with Crippen LogP contribution in [0, 0.1) is 5.92 Å². The number of piperidine rings is 1. The zero-order valence-electron chi connectivity index (χ0n) is 15.1. The maximum atomic E-state index is 12.9. The summed E-state index contributed by atoms with van der Waals surface area (Å²) in [5.41, 5.74) is 0. The molecule has 2 fully saturated rings. The van der Waals surface area contributed by atoms with E-state index in [1.54, 1.807) is 10.9 Å². The maximum Gasteiger partial charge on any atom is 0.260 e. The Bertz CT molecular complexity index is 702. The summed E-state index contributed by atoms with van der Waals surface area (Å²) in [4.78, 5) is 16.1. The minimum absolute atomic E-state index is 0. The van der Waals surface area contributed by atoms with Crippen molar-refractivity contribution in [3.05, 3.63) is 12.5 Å². The van der Waals surface area contributed by atoms with E-state index in [0.717, 1.165) is 32.2 Å². The lowest BCUT2D eigenvalue weighted by molar-refractivity contribution is -0.123. The largest absolute Gasteiger partial charge is 0.354 e. The first-order chi connectivity index (χ1) is 12.0. The Hall–Kier alpha value is -1.16. The molecule has 10 heteroatoms. The van der Waals surface area contributed by atoms with E-state index in [0.29, 0.717) is 26.2 Å². The Kier molecular flexibility index (Phi) is 7.45. The second-order valence-corrected chi connectivity index (χ2v) is 8.67. The SMILES string of the molecule is CCn1cncc1S(=O)(=O)N1CCCC(CNC(=O)C2CCCN2)C1.Cl. The predicted octanol–water partition coefficient (Wildman–Crippen LogP) is 0.594. The van der Waals surface area contributed by atoms with Crippen LogP contribution in [0.15, 0.2) is 17.6 Å². The van der Waals surface area contributed by atoms with Crippen LogP contribution >= 0.6 is 12.4 Å². The van der Waals surface area contributed by atoms with Gasteiger partial charge in [0, 0.05) is 26.2 Å². The van der Waals surface area contributed by atoms with Crippen molar-refractivity contribution in [1.29, 1.82) is 0 Å². The van der Waals surface area contributed by atoms with Crippen molar-refractivity contribution in [3.8, 4) is 0 Å². The highest BCUT2D eigenvalue weighted by atomic mass is 35.5. The van der Waals surface area contributed by atoms with E-state index in [1.165, 1.54) is 10.5 Å². The number of hydrogen-bond donors (Lipinski definition) is 2. The molecule has 2 N–H and O–H groups in total. The highest BCUT2D eigenvalue weighted by Crippen LogP contribution is 2.23. The number of nitrogens with one attached hydrogen (secondary N) is 2. The van der Waals surface area contributed by atoms with Gasteiger partial charge in [0.15, 0.2) is 5.03 Å². The average Bonchev–Trinajstić information content (AvgIpc) is 3.31. The summed E-state index contributed by atoms with van der Waals surface area (Å²) in [7, 11) is -3.54. The third-order valence-corrected chi connectivity index (χ3v) is 6.92. The number of imidazole rings is 1. The number of halogens is 1. The van der Waals surface area contributed by atoms with E-state index in [4.69, 9.17) is 0 Å². The average molecular weight is 406 g/mol. The molecule has 2 saturated heterocycles. The molecule has 0 radical (unpaired) electrons. The fourth-order valence-corrected chi connectivity index (χ4v) is 5.29. The minimum atomic E-state index is -3.54. The Labute approximate surface area is 161 Å². The molecule has 148 valence electrons. The van der Waals surface area contributed by atoms with E-state index in [2.05, 4.69) is 15.6 Å². The second kappa shape index (κ2) is 9.16. The number of aryl methyl sites for hydroxylation is 1. The van der Waals surface area contributed by atoms with Gasteiger partial charge >= 0.3 is 0 Å². The standard InChI is InChI=1S/C16H27N5O3S.ClH/c1-2-20-12-17-10-15(20)25(23,24)21-8-4-5-13(11-21)9-19-16(22)14-6-3-7-18-14;/h10,12-14,18H,2-9,11H2,1H3,(H,19,22);1H. The first-order valence-electron chi connectivity index (χ1n) is 9.03. The number of carbonyl (C=O) groups excluding carboxylic acids is 1. The van der Waals surface area contributed by atoms with E-state index >= 15 is 0 Å².